The average Bonchev–Trinajstić information content (AvgIpc) is 3.72. The third-order valence-corrected chi connectivity index (χ3v) is 10.8. The van der Waals surface area contributed by atoms with E-state index in [0.29, 0.717) is 60.9 Å². The molecule has 7 rings (SSSR count). The first-order valence-electron chi connectivity index (χ1n) is 16.7. The van der Waals surface area contributed by atoms with Crippen LogP contribution in [0.1, 0.15) is 61.8 Å². The number of hydrogen-bond donors (Lipinski definition) is 1. The Kier molecular flexibility index (Phi) is 8.90. The second kappa shape index (κ2) is 13.2. The van der Waals surface area contributed by atoms with E-state index in [1.54, 1.807) is 17.2 Å². The molecule has 0 aliphatic carbocycles. The van der Waals surface area contributed by atoms with Crippen molar-refractivity contribution in [2.75, 3.05) is 25.2 Å². The molecule has 1 amide bonds. The number of methoxy groups -OCH3 is 1. The van der Waals surface area contributed by atoms with Crippen molar-refractivity contribution in [2.24, 2.45) is 7.05 Å². The first kappa shape index (κ1) is 33.8. The second-order valence-corrected chi connectivity index (χ2v) is 13.8. The summed E-state index contributed by atoms with van der Waals surface area (Å²) in [7, 11) is 3.29. The van der Waals surface area contributed by atoms with Gasteiger partial charge in [-0.05, 0) is 100 Å². The van der Waals surface area contributed by atoms with E-state index in [-0.39, 0.29) is 5.91 Å². The largest absolute Gasteiger partial charge is 0.494 e. The number of halogens is 2. The van der Waals surface area contributed by atoms with E-state index >= 15 is 0 Å². The lowest BCUT2D eigenvalue weighted by Crippen LogP contribution is -2.32. The van der Waals surface area contributed by atoms with E-state index in [1.807, 2.05) is 75.8 Å². The number of aromatic nitrogens is 4. The van der Waals surface area contributed by atoms with Crippen LogP contribution in [0.25, 0.3) is 32.9 Å². The standard InChI is InChI=1S/C39H39Cl2N5O4/c1-21-17-26(18-22(2)35(21)41)50-16-7-9-28-29-10-11-31(40)34(33-23(3)43-44(5)24(33)4)36(29)46-15-8-14-45(38(47)37(28)46)25-19-30(39(48)49-6)27-12-13-42-32(27)20-25/h10-13,17-20,42H,7-9,14-16H2,1-6H3. The van der Waals surface area contributed by atoms with Gasteiger partial charge in [0.1, 0.15) is 11.4 Å². The predicted molar refractivity (Wildman–Crippen MR) is 199 cm³/mol. The number of benzene rings is 3. The Balaban J connectivity index is 1.36. The molecule has 3 aromatic carbocycles. The van der Waals surface area contributed by atoms with Gasteiger partial charge in [-0.2, -0.15) is 5.10 Å². The van der Waals surface area contributed by atoms with E-state index in [9.17, 15) is 9.59 Å². The second-order valence-electron chi connectivity index (χ2n) is 13.0. The van der Waals surface area contributed by atoms with E-state index in [0.717, 1.165) is 71.8 Å². The minimum atomic E-state index is -0.457. The van der Waals surface area contributed by atoms with Crippen molar-refractivity contribution in [1.29, 1.82) is 0 Å². The SMILES string of the molecule is COC(=O)c1cc(N2CCCn3c(c(CCCOc4cc(C)c(Cl)c(C)c4)c4ccc(Cl)c(-c5c(C)nn(C)c5C)c43)C2=O)cc2[nH]ccc12. The minimum Gasteiger partial charge on any atom is -0.494 e. The number of ether oxygens (including phenoxy) is 2. The predicted octanol–water partition coefficient (Wildman–Crippen LogP) is 8.91. The zero-order valence-electron chi connectivity index (χ0n) is 29.0. The number of rotatable bonds is 8. The highest BCUT2D eigenvalue weighted by Crippen LogP contribution is 2.43. The molecule has 9 nitrogen and oxygen atoms in total. The van der Waals surface area contributed by atoms with Crippen LogP contribution in [-0.2, 0) is 24.8 Å². The average molecular weight is 713 g/mol. The van der Waals surface area contributed by atoms with Gasteiger partial charge in [0.2, 0.25) is 0 Å². The molecule has 11 heteroatoms. The van der Waals surface area contributed by atoms with Crippen molar-refractivity contribution in [3.63, 3.8) is 0 Å². The van der Waals surface area contributed by atoms with Crippen molar-refractivity contribution >= 4 is 62.6 Å². The molecule has 0 saturated carbocycles. The first-order valence-corrected chi connectivity index (χ1v) is 17.5. The summed E-state index contributed by atoms with van der Waals surface area (Å²) in [5, 5.41) is 7.77. The minimum absolute atomic E-state index is 0.137. The number of hydrogen-bond acceptors (Lipinski definition) is 5. The van der Waals surface area contributed by atoms with Crippen LogP contribution < -0.4 is 9.64 Å². The lowest BCUT2D eigenvalue weighted by atomic mass is 9.98. The van der Waals surface area contributed by atoms with Gasteiger partial charge in [-0.3, -0.25) is 9.48 Å². The summed E-state index contributed by atoms with van der Waals surface area (Å²) in [6.45, 7) is 9.50. The molecule has 0 bridgehead atoms. The smallest absolute Gasteiger partial charge is 0.338 e. The number of esters is 1. The molecule has 6 aromatic rings. The maximum Gasteiger partial charge on any atom is 0.338 e. The van der Waals surface area contributed by atoms with Gasteiger partial charge < -0.3 is 23.9 Å². The molecule has 1 N–H and O–H groups in total. The lowest BCUT2D eigenvalue weighted by Gasteiger charge is -2.22. The maximum absolute atomic E-state index is 15.0. The van der Waals surface area contributed by atoms with Gasteiger partial charge in [0.25, 0.3) is 5.91 Å². The molecule has 0 saturated heterocycles. The van der Waals surface area contributed by atoms with Crippen molar-refractivity contribution < 1.29 is 19.1 Å². The molecule has 50 heavy (non-hydrogen) atoms. The number of amides is 1. The topological polar surface area (TPSA) is 94.4 Å². The van der Waals surface area contributed by atoms with Crippen LogP contribution in [-0.4, -0.2) is 51.5 Å². The normalized spacial score (nSPS) is 13.3. The third kappa shape index (κ3) is 5.62. The molecule has 0 unspecified atom stereocenters. The molecule has 258 valence electrons. The van der Waals surface area contributed by atoms with Crippen LogP contribution in [0.5, 0.6) is 5.75 Å². The Labute approximate surface area is 300 Å². The Bertz CT molecular complexity index is 2310. The number of carbonyl (C=O) groups excluding carboxylic acids is 2. The van der Waals surface area contributed by atoms with E-state index < -0.39 is 5.97 Å². The Morgan fingerprint density at radius 2 is 1.74 bits per heavy atom. The van der Waals surface area contributed by atoms with Crippen molar-refractivity contribution in [2.45, 2.75) is 53.5 Å². The third-order valence-electron chi connectivity index (χ3n) is 9.87. The highest BCUT2D eigenvalue weighted by Gasteiger charge is 2.33. The Morgan fingerprint density at radius 3 is 2.44 bits per heavy atom. The maximum atomic E-state index is 15.0. The summed E-state index contributed by atoms with van der Waals surface area (Å²) in [5.74, 6) is 0.174. The number of anilines is 1. The van der Waals surface area contributed by atoms with Gasteiger partial charge >= 0.3 is 5.97 Å². The Morgan fingerprint density at radius 1 is 0.980 bits per heavy atom. The van der Waals surface area contributed by atoms with Gasteiger partial charge in [-0.15, -0.1) is 0 Å². The van der Waals surface area contributed by atoms with Crippen molar-refractivity contribution in [3.8, 4) is 16.9 Å². The number of aryl methyl sites for hydroxylation is 6. The van der Waals surface area contributed by atoms with E-state index in [4.69, 9.17) is 37.8 Å². The summed E-state index contributed by atoms with van der Waals surface area (Å²) in [6, 6.07) is 13.4. The Hall–Kier alpha value is -4.73. The summed E-state index contributed by atoms with van der Waals surface area (Å²) < 4.78 is 15.3. The molecule has 0 atom stereocenters. The van der Waals surface area contributed by atoms with Gasteiger partial charge in [-0.25, -0.2) is 4.79 Å². The van der Waals surface area contributed by atoms with E-state index in [1.165, 1.54) is 7.11 Å². The van der Waals surface area contributed by atoms with Crippen LogP contribution in [0.3, 0.4) is 0 Å². The lowest BCUT2D eigenvalue weighted by molar-refractivity contribution is 0.0602. The van der Waals surface area contributed by atoms with Crippen LogP contribution in [0.2, 0.25) is 10.0 Å². The quantitative estimate of drug-likeness (QED) is 0.126. The van der Waals surface area contributed by atoms with Crippen molar-refractivity contribution in [1.82, 2.24) is 19.3 Å². The molecule has 0 spiro atoms. The number of nitrogens with one attached hydrogen (secondary N) is 1. The number of nitrogens with zero attached hydrogens (tertiary/aromatic N) is 4. The van der Waals surface area contributed by atoms with Crippen LogP contribution >= 0.6 is 23.2 Å². The molecule has 1 aliphatic rings. The zero-order chi connectivity index (χ0) is 35.4. The number of H-pyrrole nitrogens is 1. The van der Waals surface area contributed by atoms with Gasteiger partial charge in [0.15, 0.2) is 0 Å². The number of aromatic amines is 1. The van der Waals surface area contributed by atoms with Crippen LogP contribution in [0.4, 0.5) is 5.69 Å². The zero-order valence-corrected chi connectivity index (χ0v) is 30.6. The fraction of sp³-hybridized carbons (Fsp3) is 0.308. The molecule has 4 heterocycles. The van der Waals surface area contributed by atoms with Crippen molar-refractivity contribution in [3.05, 3.63) is 98.0 Å². The monoisotopic (exact) mass is 711 g/mol. The summed E-state index contributed by atoms with van der Waals surface area (Å²) in [4.78, 5) is 32.8. The van der Waals surface area contributed by atoms with E-state index in [2.05, 4.69) is 9.55 Å². The molecule has 1 aliphatic heterocycles. The summed E-state index contributed by atoms with van der Waals surface area (Å²) in [6.07, 6.45) is 3.74. The molecule has 0 radical (unpaired) electrons. The molecular formula is C39H39Cl2N5O4. The highest BCUT2D eigenvalue weighted by molar-refractivity contribution is 6.35. The fourth-order valence-electron chi connectivity index (χ4n) is 7.46. The van der Waals surface area contributed by atoms with Crippen LogP contribution in [0, 0.1) is 27.7 Å². The fourth-order valence-corrected chi connectivity index (χ4v) is 7.82. The van der Waals surface area contributed by atoms with Gasteiger partial charge in [-0.1, -0.05) is 29.3 Å². The van der Waals surface area contributed by atoms with Crippen LogP contribution in [0.15, 0.2) is 48.7 Å². The number of carbonyl (C=O) groups is 2. The summed E-state index contributed by atoms with van der Waals surface area (Å²) >= 11 is 13.5. The molecule has 3 aromatic heterocycles. The highest BCUT2D eigenvalue weighted by atomic mass is 35.5. The number of fused-ring (bicyclic) bond motifs is 4. The summed E-state index contributed by atoms with van der Waals surface area (Å²) in [5.41, 5.74) is 9.92. The molecule has 0 fully saturated rings. The molecular weight excluding hydrogens is 673 g/mol. The van der Waals surface area contributed by atoms with Gasteiger partial charge in [0.05, 0.1) is 35.5 Å². The van der Waals surface area contributed by atoms with Gasteiger partial charge in [0, 0.05) is 70.2 Å². The first-order chi connectivity index (χ1) is 24.0.